The summed E-state index contributed by atoms with van der Waals surface area (Å²) in [5.41, 5.74) is 0.705. The zero-order valence-electron chi connectivity index (χ0n) is 13.8. The summed E-state index contributed by atoms with van der Waals surface area (Å²) in [6, 6.07) is 1.16. The minimum absolute atomic E-state index is 0.117. The van der Waals surface area contributed by atoms with Gasteiger partial charge in [-0.25, -0.2) is 17.9 Å². The van der Waals surface area contributed by atoms with Crippen molar-refractivity contribution in [2.24, 2.45) is 7.05 Å². The van der Waals surface area contributed by atoms with Gasteiger partial charge in [-0.1, -0.05) is 0 Å². The lowest BCUT2D eigenvalue weighted by Gasteiger charge is -2.13. The van der Waals surface area contributed by atoms with Gasteiger partial charge in [0.1, 0.15) is 5.69 Å². The number of aryl methyl sites for hydroxylation is 1. The number of carbonyl (C=O) groups excluding carboxylic acids is 1. The van der Waals surface area contributed by atoms with Crippen LogP contribution in [-0.2, 0) is 24.3 Å². The predicted molar refractivity (Wildman–Crippen MR) is 90.4 cm³/mol. The Bertz CT molecular complexity index is 877. The van der Waals surface area contributed by atoms with Crippen LogP contribution in [0, 0.1) is 22.2 Å². The average molecular weight is 386 g/mol. The Balaban J connectivity index is 1.93. The number of hydrogen-bond donors (Lipinski definition) is 4. The molecular weight excluding hydrogens is 369 g/mol. The van der Waals surface area contributed by atoms with Crippen molar-refractivity contribution in [3.05, 3.63) is 47.0 Å². The minimum atomic E-state index is -1.60. The summed E-state index contributed by atoms with van der Waals surface area (Å²) in [5, 5.41) is 11.7. The van der Waals surface area contributed by atoms with Crippen LogP contribution in [0.4, 0.5) is 18.9 Å². The van der Waals surface area contributed by atoms with Gasteiger partial charge in [-0.05, 0) is 29.3 Å². The van der Waals surface area contributed by atoms with E-state index in [0.29, 0.717) is 35.4 Å². The van der Waals surface area contributed by atoms with Crippen LogP contribution >= 0.6 is 0 Å². The Morgan fingerprint density at radius 2 is 2.08 bits per heavy atom. The maximum absolute atomic E-state index is 13.3. The number of aromatic nitrogens is 1. The van der Waals surface area contributed by atoms with E-state index in [1.807, 2.05) is 0 Å². The van der Waals surface area contributed by atoms with Crippen LogP contribution in [0.3, 0.4) is 0 Å². The molecule has 140 valence electrons. The van der Waals surface area contributed by atoms with Gasteiger partial charge in [-0.15, -0.1) is 0 Å². The molecule has 0 spiro atoms. The summed E-state index contributed by atoms with van der Waals surface area (Å²) in [6.45, 7) is -0.117. The molecule has 4 N–H and O–H groups in total. The molecular formula is C16H17F3N4O2S. The number of rotatable bonds is 3. The molecule has 0 saturated heterocycles. The number of aliphatic hydroxyl groups is 1. The van der Waals surface area contributed by atoms with Gasteiger partial charge in [0.25, 0.3) is 5.91 Å². The van der Waals surface area contributed by atoms with Gasteiger partial charge in [-0.2, -0.15) is 0 Å². The largest absolute Gasteiger partial charge is 0.395 e. The first kappa shape index (κ1) is 18.6. The highest BCUT2D eigenvalue weighted by Gasteiger charge is 2.27. The van der Waals surface area contributed by atoms with E-state index < -0.39 is 34.2 Å². The van der Waals surface area contributed by atoms with Crippen LogP contribution in [0.15, 0.2) is 23.2 Å². The summed E-state index contributed by atoms with van der Waals surface area (Å²) in [5.74, 6) is -5.00. The van der Waals surface area contributed by atoms with E-state index in [1.165, 1.54) is 0 Å². The molecule has 1 aliphatic rings. The fourth-order valence-electron chi connectivity index (χ4n) is 2.92. The van der Waals surface area contributed by atoms with Crippen LogP contribution < -0.4 is 10.0 Å². The molecule has 6 nitrogen and oxygen atoms in total. The van der Waals surface area contributed by atoms with Gasteiger partial charge in [-0.3, -0.25) is 9.57 Å². The zero-order valence-corrected chi connectivity index (χ0v) is 14.6. The van der Waals surface area contributed by atoms with Gasteiger partial charge >= 0.3 is 0 Å². The summed E-state index contributed by atoms with van der Waals surface area (Å²) in [4.78, 5) is 13.3. The van der Waals surface area contributed by atoms with Crippen LogP contribution in [0.5, 0.6) is 0 Å². The van der Waals surface area contributed by atoms with Crippen LogP contribution in [0.25, 0.3) is 0 Å². The maximum Gasteiger partial charge on any atom is 0.272 e. The van der Waals surface area contributed by atoms with Gasteiger partial charge in [0.2, 0.25) is 0 Å². The number of nitrogens with zero attached hydrogens (tertiary/aromatic N) is 1. The lowest BCUT2D eigenvalue weighted by molar-refractivity contribution is 0.101. The third kappa shape index (κ3) is 3.39. The highest BCUT2D eigenvalue weighted by atomic mass is 32.2. The van der Waals surface area contributed by atoms with Gasteiger partial charge in [0.15, 0.2) is 17.5 Å². The number of nitrogens with one attached hydrogen (secondary N) is 3. The Hall–Kier alpha value is -2.17. The molecule has 2 unspecified atom stereocenters. The molecule has 2 atom stereocenters. The number of benzene rings is 1. The number of amides is 1. The molecule has 26 heavy (non-hydrogen) atoms. The average Bonchev–Trinajstić information content (AvgIpc) is 2.84. The number of hydrogen-bond acceptors (Lipinski definition) is 3. The van der Waals surface area contributed by atoms with Crippen molar-refractivity contribution in [3.63, 3.8) is 0 Å². The molecule has 0 aliphatic carbocycles. The number of halogens is 3. The van der Waals surface area contributed by atoms with E-state index in [-0.39, 0.29) is 24.0 Å². The Morgan fingerprint density at radius 3 is 2.69 bits per heavy atom. The quantitative estimate of drug-likeness (QED) is 0.610. The third-order valence-corrected chi connectivity index (χ3v) is 5.53. The Morgan fingerprint density at radius 1 is 1.42 bits per heavy atom. The molecule has 1 aromatic carbocycles. The SMILES string of the molecule is Cn1cc2c(c1C(=O)Nc1cc(F)c(F)c(F)c1)CCC(CO)NS2=N. The number of aliphatic hydroxyl groups excluding tert-OH is 1. The minimum Gasteiger partial charge on any atom is -0.395 e. The monoisotopic (exact) mass is 386 g/mol. The van der Waals surface area contributed by atoms with Crippen molar-refractivity contribution in [1.29, 1.82) is 4.78 Å². The van der Waals surface area contributed by atoms with Crippen molar-refractivity contribution in [3.8, 4) is 0 Å². The summed E-state index contributed by atoms with van der Waals surface area (Å²) in [6.07, 6.45) is 2.65. The molecule has 0 saturated carbocycles. The third-order valence-electron chi connectivity index (χ3n) is 4.17. The van der Waals surface area contributed by atoms with E-state index in [2.05, 4.69) is 10.0 Å². The number of fused-ring (bicyclic) bond motifs is 1. The molecule has 3 rings (SSSR count). The van der Waals surface area contributed by atoms with E-state index in [1.54, 1.807) is 17.8 Å². The second-order valence-corrected chi connectivity index (χ2v) is 7.27. The highest BCUT2D eigenvalue weighted by Crippen LogP contribution is 2.27. The van der Waals surface area contributed by atoms with Crippen molar-refractivity contribution in [1.82, 2.24) is 9.29 Å². The van der Waals surface area contributed by atoms with Gasteiger partial charge in [0.05, 0.1) is 11.5 Å². The lowest BCUT2D eigenvalue weighted by Crippen LogP contribution is -2.32. The first-order valence-electron chi connectivity index (χ1n) is 7.78. The van der Waals surface area contributed by atoms with Gasteiger partial charge < -0.3 is 15.0 Å². The lowest BCUT2D eigenvalue weighted by atomic mass is 10.1. The molecule has 1 aromatic heterocycles. The second-order valence-electron chi connectivity index (χ2n) is 5.98. The Kier molecular flexibility index (Phi) is 5.17. The molecule has 0 fully saturated rings. The van der Waals surface area contributed by atoms with Crippen molar-refractivity contribution in [2.75, 3.05) is 11.9 Å². The first-order chi connectivity index (χ1) is 12.3. The van der Waals surface area contributed by atoms with E-state index in [0.717, 1.165) is 0 Å². The summed E-state index contributed by atoms with van der Waals surface area (Å²) < 4.78 is 52.5. The van der Waals surface area contributed by atoms with Crippen molar-refractivity contribution >= 4 is 22.5 Å². The molecule has 2 heterocycles. The van der Waals surface area contributed by atoms with E-state index >= 15 is 0 Å². The number of carbonyl (C=O) groups is 1. The van der Waals surface area contributed by atoms with Crippen LogP contribution in [-0.4, -0.2) is 28.2 Å². The predicted octanol–water partition coefficient (Wildman–Crippen LogP) is 2.25. The summed E-state index contributed by atoms with van der Waals surface area (Å²) in [7, 11) is 0.529. The highest BCUT2D eigenvalue weighted by molar-refractivity contribution is 7.84. The van der Waals surface area contributed by atoms with E-state index in [4.69, 9.17) is 4.78 Å². The molecule has 2 aromatic rings. The smallest absolute Gasteiger partial charge is 0.272 e. The Labute approximate surface area is 150 Å². The molecule has 0 radical (unpaired) electrons. The van der Waals surface area contributed by atoms with Crippen molar-refractivity contribution < 1.29 is 23.1 Å². The van der Waals surface area contributed by atoms with Crippen LogP contribution in [0.1, 0.15) is 22.5 Å². The van der Waals surface area contributed by atoms with Crippen LogP contribution in [0.2, 0.25) is 0 Å². The topological polar surface area (TPSA) is 90.1 Å². The maximum atomic E-state index is 13.3. The normalized spacial score (nSPS) is 19.7. The summed E-state index contributed by atoms with van der Waals surface area (Å²) >= 11 is 0. The molecule has 1 aliphatic heterocycles. The first-order valence-corrected chi connectivity index (χ1v) is 9.01. The zero-order chi connectivity index (χ0) is 19.0. The van der Waals surface area contributed by atoms with Gasteiger partial charge in [0, 0.05) is 37.1 Å². The van der Waals surface area contributed by atoms with Crippen molar-refractivity contribution in [2.45, 2.75) is 23.8 Å². The standard InChI is InChI=1S/C16H17F3N4O2S/c1-23-6-13-10(3-2-8(7-24)22-26(13)20)15(23)16(25)21-9-4-11(17)14(19)12(18)5-9/h4-6,8,24H,2-3,7H2,1H3,(H2,20,22)(H,21,25). The molecule has 0 bridgehead atoms. The van der Waals surface area contributed by atoms with E-state index in [9.17, 15) is 23.1 Å². The fourth-order valence-corrected chi connectivity index (χ4v) is 4.28. The second kappa shape index (κ2) is 7.22. The molecule has 1 amide bonds. The number of anilines is 1. The fraction of sp³-hybridized carbons (Fsp3) is 0.312. The molecule has 10 heteroatoms.